The number of hydrogen-bond donors (Lipinski definition) is 1. The zero-order valence-corrected chi connectivity index (χ0v) is 17.4. The Balaban J connectivity index is 1.67. The molecule has 0 bridgehead atoms. The van der Waals surface area contributed by atoms with Gasteiger partial charge in [-0.15, -0.1) is 0 Å². The maximum absolute atomic E-state index is 12.7. The molecule has 1 N–H and O–H groups in total. The second-order valence-corrected chi connectivity index (χ2v) is 10.7. The lowest BCUT2D eigenvalue weighted by molar-refractivity contribution is -0.0500. The van der Waals surface area contributed by atoms with Crippen LogP contribution in [0.3, 0.4) is 0 Å². The Morgan fingerprint density at radius 1 is 1.24 bits per heavy atom. The van der Waals surface area contributed by atoms with Crippen LogP contribution < -0.4 is 4.18 Å². The summed E-state index contributed by atoms with van der Waals surface area (Å²) < 4.78 is 65.0. The van der Waals surface area contributed by atoms with Crippen LogP contribution in [0.5, 0.6) is 5.75 Å². The van der Waals surface area contributed by atoms with Crippen molar-refractivity contribution in [3.8, 4) is 5.75 Å². The molecule has 3 aliphatic rings. The number of fused-ring (bicyclic) bond motifs is 5. The van der Waals surface area contributed by atoms with Gasteiger partial charge in [-0.25, -0.2) is 0 Å². The highest BCUT2D eigenvalue weighted by molar-refractivity contribution is 7.88. The van der Waals surface area contributed by atoms with Crippen LogP contribution in [0.25, 0.3) is 0 Å². The smallest absolute Gasteiger partial charge is 0.393 e. The number of aliphatic hydroxyl groups excluding tert-OH is 1. The fourth-order valence-electron chi connectivity index (χ4n) is 6.37. The van der Waals surface area contributed by atoms with Gasteiger partial charge in [0.1, 0.15) is 5.75 Å². The average molecular weight is 433 g/mol. The molecule has 0 aromatic heterocycles. The lowest BCUT2D eigenvalue weighted by Crippen LogP contribution is -2.47. The fraction of sp³-hybridized carbons (Fsp3) is 0.714. The van der Waals surface area contributed by atoms with Crippen LogP contribution in [-0.4, -0.2) is 25.1 Å². The zero-order valence-electron chi connectivity index (χ0n) is 16.6. The summed E-state index contributed by atoms with van der Waals surface area (Å²) in [6.07, 6.45) is 5.06. The molecule has 0 amide bonds. The van der Waals surface area contributed by atoms with Crippen molar-refractivity contribution < 1.29 is 30.9 Å². The first-order valence-corrected chi connectivity index (χ1v) is 11.7. The number of halogens is 3. The molecule has 0 heterocycles. The molecular weight excluding hydrogens is 405 g/mol. The molecule has 162 valence electrons. The minimum Gasteiger partial charge on any atom is -0.393 e. The SMILES string of the molecule is CCC1Cc2cc(OS(=O)(=O)C(F)(F)F)ccc2[C@H]2CC[C@]3(C)[C@@H](O)CC[C@H]3[C@H]12. The number of aliphatic hydroxyl groups is 1. The van der Waals surface area contributed by atoms with E-state index in [2.05, 4.69) is 18.0 Å². The maximum Gasteiger partial charge on any atom is 0.534 e. The van der Waals surface area contributed by atoms with Crippen molar-refractivity contribution in [1.29, 1.82) is 0 Å². The molecule has 6 atom stereocenters. The summed E-state index contributed by atoms with van der Waals surface area (Å²) in [7, 11) is -5.67. The van der Waals surface area contributed by atoms with Gasteiger partial charge in [0.05, 0.1) is 6.10 Å². The first kappa shape index (κ1) is 21.0. The summed E-state index contributed by atoms with van der Waals surface area (Å²) in [6.45, 7) is 4.32. The lowest BCUT2D eigenvalue weighted by atomic mass is 9.52. The third kappa shape index (κ3) is 3.26. The molecule has 0 radical (unpaired) electrons. The third-order valence-electron chi connectivity index (χ3n) is 7.84. The average Bonchev–Trinajstić information content (AvgIpc) is 2.94. The Bertz CT molecular complexity index is 898. The first-order valence-electron chi connectivity index (χ1n) is 10.3. The van der Waals surface area contributed by atoms with Crippen molar-refractivity contribution in [2.75, 3.05) is 0 Å². The fourth-order valence-corrected chi connectivity index (χ4v) is 6.82. The van der Waals surface area contributed by atoms with Gasteiger partial charge in [0, 0.05) is 0 Å². The largest absolute Gasteiger partial charge is 0.534 e. The highest BCUT2D eigenvalue weighted by Gasteiger charge is 2.56. The predicted octanol–water partition coefficient (Wildman–Crippen LogP) is 4.77. The molecule has 4 rings (SSSR count). The Kier molecular flexibility index (Phi) is 4.97. The normalized spacial score (nSPS) is 36.8. The van der Waals surface area contributed by atoms with Crippen LogP contribution in [0.2, 0.25) is 0 Å². The van der Waals surface area contributed by atoms with E-state index in [1.807, 2.05) is 0 Å². The van der Waals surface area contributed by atoms with E-state index in [1.165, 1.54) is 12.1 Å². The van der Waals surface area contributed by atoms with Crippen molar-refractivity contribution in [3.05, 3.63) is 29.3 Å². The minimum absolute atomic E-state index is 0.0596. The molecular formula is C21H27F3O4S. The lowest BCUT2D eigenvalue weighted by Gasteiger charge is -2.53. The summed E-state index contributed by atoms with van der Waals surface area (Å²) >= 11 is 0. The predicted molar refractivity (Wildman–Crippen MR) is 102 cm³/mol. The molecule has 1 aromatic rings. The molecule has 2 saturated carbocycles. The van der Waals surface area contributed by atoms with E-state index in [1.54, 1.807) is 6.07 Å². The Morgan fingerprint density at radius 2 is 1.97 bits per heavy atom. The molecule has 4 nitrogen and oxygen atoms in total. The van der Waals surface area contributed by atoms with E-state index < -0.39 is 15.6 Å². The third-order valence-corrected chi connectivity index (χ3v) is 8.82. The molecule has 2 fully saturated rings. The van der Waals surface area contributed by atoms with E-state index in [4.69, 9.17) is 0 Å². The zero-order chi connectivity index (χ0) is 21.2. The van der Waals surface area contributed by atoms with Gasteiger partial charge < -0.3 is 9.29 Å². The monoisotopic (exact) mass is 432 g/mol. The topological polar surface area (TPSA) is 63.6 Å². The number of hydrogen-bond acceptors (Lipinski definition) is 4. The van der Waals surface area contributed by atoms with Gasteiger partial charge in [-0.3, -0.25) is 0 Å². The number of benzene rings is 1. The van der Waals surface area contributed by atoms with Crippen LogP contribution in [0.15, 0.2) is 18.2 Å². The van der Waals surface area contributed by atoms with Crippen LogP contribution in [0.1, 0.15) is 63.0 Å². The van der Waals surface area contributed by atoms with E-state index in [0.29, 0.717) is 30.1 Å². The van der Waals surface area contributed by atoms with E-state index in [9.17, 15) is 26.7 Å². The Morgan fingerprint density at radius 3 is 2.62 bits per heavy atom. The Hall–Kier alpha value is -1.28. The standard InChI is InChI=1S/C21H27F3O4S/c1-3-12-10-13-11-14(28-29(26,27)21(22,23)24)4-5-15(13)16-8-9-20(2)17(19(12)16)6-7-18(20)25/h4-5,11-12,16-19,25H,3,6-10H2,1-2H3/t12?,16-,17+,18+,19-,20+/m1/s1. The summed E-state index contributed by atoms with van der Waals surface area (Å²) in [5.74, 6) is 1.24. The summed E-state index contributed by atoms with van der Waals surface area (Å²) in [5.41, 5.74) is -3.53. The molecule has 3 aliphatic carbocycles. The number of rotatable bonds is 3. The molecule has 0 spiro atoms. The second-order valence-electron chi connectivity index (χ2n) is 9.14. The molecule has 8 heteroatoms. The van der Waals surface area contributed by atoms with Gasteiger partial charge in [-0.05, 0) is 84.5 Å². The molecule has 1 unspecified atom stereocenters. The van der Waals surface area contributed by atoms with Crippen LogP contribution in [0.4, 0.5) is 13.2 Å². The van der Waals surface area contributed by atoms with Crippen molar-refractivity contribution >= 4 is 10.1 Å². The van der Waals surface area contributed by atoms with Crippen molar-refractivity contribution in [3.63, 3.8) is 0 Å². The van der Waals surface area contributed by atoms with Crippen molar-refractivity contribution in [2.24, 2.45) is 23.2 Å². The van der Waals surface area contributed by atoms with Crippen molar-refractivity contribution in [2.45, 2.75) is 69.9 Å². The van der Waals surface area contributed by atoms with Crippen LogP contribution in [-0.2, 0) is 16.5 Å². The summed E-state index contributed by atoms with van der Waals surface area (Å²) in [4.78, 5) is 0. The molecule has 0 aliphatic heterocycles. The summed E-state index contributed by atoms with van der Waals surface area (Å²) in [6, 6.07) is 4.55. The minimum atomic E-state index is -5.67. The highest BCUT2D eigenvalue weighted by atomic mass is 32.2. The van der Waals surface area contributed by atoms with E-state index in [-0.39, 0.29) is 17.3 Å². The van der Waals surface area contributed by atoms with Gasteiger partial charge in [-0.2, -0.15) is 21.6 Å². The maximum atomic E-state index is 12.7. The van der Waals surface area contributed by atoms with Gasteiger partial charge in [0.2, 0.25) is 0 Å². The Labute approximate surface area is 169 Å². The van der Waals surface area contributed by atoms with Crippen LogP contribution in [0, 0.1) is 23.2 Å². The number of alkyl halides is 3. The molecule has 29 heavy (non-hydrogen) atoms. The second kappa shape index (κ2) is 6.87. The van der Waals surface area contributed by atoms with E-state index >= 15 is 0 Å². The quantitative estimate of drug-likeness (QED) is 0.552. The van der Waals surface area contributed by atoms with E-state index in [0.717, 1.165) is 43.2 Å². The first-order chi connectivity index (χ1) is 13.5. The van der Waals surface area contributed by atoms with Gasteiger partial charge >= 0.3 is 15.6 Å². The van der Waals surface area contributed by atoms with Gasteiger partial charge in [0.25, 0.3) is 0 Å². The van der Waals surface area contributed by atoms with Crippen LogP contribution >= 0.6 is 0 Å². The highest BCUT2D eigenvalue weighted by Crippen LogP contribution is 2.62. The molecule has 1 aromatic carbocycles. The van der Waals surface area contributed by atoms with Crippen molar-refractivity contribution in [1.82, 2.24) is 0 Å². The molecule has 0 saturated heterocycles. The van der Waals surface area contributed by atoms with Gasteiger partial charge in [-0.1, -0.05) is 26.3 Å². The summed E-state index contributed by atoms with van der Waals surface area (Å²) in [5, 5.41) is 10.6. The van der Waals surface area contributed by atoms with Gasteiger partial charge in [0.15, 0.2) is 0 Å².